The van der Waals surface area contributed by atoms with Crippen LogP contribution in [0.25, 0.3) is 10.8 Å². The molecule has 1 aliphatic rings. The Kier molecular flexibility index (Phi) is 5.49. The van der Waals surface area contributed by atoms with Crippen LogP contribution in [0.1, 0.15) is 24.3 Å². The van der Waals surface area contributed by atoms with Crippen LogP contribution in [-0.4, -0.2) is 45.0 Å². The number of nitrogens with one attached hydrogen (secondary N) is 1. The van der Waals surface area contributed by atoms with E-state index in [1.807, 2.05) is 29.3 Å². The van der Waals surface area contributed by atoms with Gasteiger partial charge in [-0.15, -0.1) is 21.5 Å². The van der Waals surface area contributed by atoms with E-state index in [1.165, 1.54) is 22.7 Å². The fourth-order valence-corrected chi connectivity index (χ4v) is 4.37. The van der Waals surface area contributed by atoms with Gasteiger partial charge in [-0.25, -0.2) is 4.98 Å². The highest BCUT2D eigenvalue weighted by Gasteiger charge is 2.28. The van der Waals surface area contributed by atoms with E-state index < -0.39 is 0 Å². The molecule has 0 saturated carbocycles. The molecule has 146 valence electrons. The number of carbonyl (C=O) groups excluding carboxylic acids is 2. The second-order valence-corrected chi connectivity index (χ2v) is 8.31. The fraction of sp³-hybridized carbons (Fsp3) is 0.389. The number of piperidine rings is 1. The van der Waals surface area contributed by atoms with E-state index in [2.05, 4.69) is 20.5 Å². The van der Waals surface area contributed by atoms with Gasteiger partial charge < -0.3 is 14.6 Å². The first-order valence-electron chi connectivity index (χ1n) is 8.94. The monoisotopic (exact) mass is 417 g/mol. The molecule has 0 unspecified atom stereocenters. The molecule has 10 heteroatoms. The SMILES string of the molecule is Cc1ccc(-c2nc(CC(=O)N3CCC(C(=O)Nc4nncs4)CC3)cs2)o1. The van der Waals surface area contributed by atoms with Crippen LogP contribution in [0.4, 0.5) is 5.13 Å². The van der Waals surface area contributed by atoms with Gasteiger partial charge in [-0.2, -0.15) is 0 Å². The first kappa shape index (κ1) is 18.8. The molecule has 0 aromatic carbocycles. The second-order valence-electron chi connectivity index (χ2n) is 6.62. The summed E-state index contributed by atoms with van der Waals surface area (Å²) in [5.41, 5.74) is 2.32. The summed E-state index contributed by atoms with van der Waals surface area (Å²) in [7, 11) is 0. The predicted molar refractivity (Wildman–Crippen MR) is 106 cm³/mol. The Balaban J connectivity index is 1.28. The van der Waals surface area contributed by atoms with Gasteiger partial charge in [0.2, 0.25) is 16.9 Å². The number of thiazole rings is 1. The van der Waals surface area contributed by atoms with E-state index in [4.69, 9.17) is 4.42 Å². The molecule has 1 fully saturated rings. The largest absolute Gasteiger partial charge is 0.459 e. The lowest BCUT2D eigenvalue weighted by Crippen LogP contribution is -2.42. The van der Waals surface area contributed by atoms with Crippen molar-refractivity contribution in [1.29, 1.82) is 0 Å². The van der Waals surface area contributed by atoms with Crippen molar-refractivity contribution in [2.45, 2.75) is 26.2 Å². The minimum absolute atomic E-state index is 0.0375. The maximum Gasteiger partial charge on any atom is 0.229 e. The van der Waals surface area contributed by atoms with Gasteiger partial charge >= 0.3 is 0 Å². The van der Waals surface area contributed by atoms with Crippen molar-refractivity contribution in [3.8, 4) is 10.8 Å². The fourth-order valence-electron chi connectivity index (χ4n) is 3.14. The predicted octanol–water partition coefficient (Wildman–Crippen LogP) is 2.98. The van der Waals surface area contributed by atoms with E-state index in [9.17, 15) is 9.59 Å². The van der Waals surface area contributed by atoms with E-state index in [0.717, 1.165) is 22.2 Å². The first-order valence-corrected chi connectivity index (χ1v) is 10.7. The third-order valence-electron chi connectivity index (χ3n) is 4.64. The highest BCUT2D eigenvalue weighted by molar-refractivity contribution is 7.13. The average Bonchev–Trinajstić information content (AvgIpc) is 3.44. The zero-order valence-corrected chi connectivity index (χ0v) is 16.9. The van der Waals surface area contributed by atoms with Crippen LogP contribution in [0.15, 0.2) is 27.4 Å². The van der Waals surface area contributed by atoms with Crippen molar-refractivity contribution in [3.05, 3.63) is 34.5 Å². The van der Waals surface area contributed by atoms with Crippen LogP contribution in [0, 0.1) is 12.8 Å². The van der Waals surface area contributed by atoms with Crippen LogP contribution in [0.2, 0.25) is 0 Å². The Bertz CT molecular complexity index is 958. The summed E-state index contributed by atoms with van der Waals surface area (Å²) in [5.74, 6) is 1.43. The molecule has 1 N–H and O–H groups in total. The van der Waals surface area contributed by atoms with Crippen LogP contribution >= 0.6 is 22.7 Å². The molecule has 3 aromatic heterocycles. The zero-order valence-electron chi connectivity index (χ0n) is 15.3. The van der Waals surface area contributed by atoms with E-state index >= 15 is 0 Å². The maximum atomic E-state index is 12.6. The van der Waals surface area contributed by atoms with Crippen molar-refractivity contribution in [2.24, 2.45) is 5.92 Å². The van der Waals surface area contributed by atoms with Gasteiger partial charge in [0.05, 0.1) is 12.1 Å². The smallest absolute Gasteiger partial charge is 0.229 e. The molecule has 3 aromatic rings. The number of rotatable bonds is 5. The normalized spacial score (nSPS) is 15.0. The molecule has 0 spiro atoms. The number of hydrogen-bond donors (Lipinski definition) is 1. The van der Waals surface area contributed by atoms with E-state index in [-0.39, 0.29) is 24.2 Å². The molecule has 0 bridgehead atoms. The summed E-state index contributed by atoms with van der Waals surface area (Å²) >= 11 is 2.76. The van der Waals surface area contributed by atoms with E-state index in [1.54, 1.807) is 5.51 Å². The van der Waals surface area contributed by atoms with Crippen molar-refractivity contribution >= 4 is 39.6 Å². The van der Waals surface area contributed by atoms with Crippen LogP contribution in [-0.2, 0) is 16.0 Å². The minimum Gasteiger partial charge on any atom is -0.459 e. The molecule has 0 aliphatic carbocycles. The molecule has 8 nitrogen and oxygen atoms in total. The van der Waals surface area contributed by atoms with E-state index in [0.29, 0.717) is 31.1 Å². The number of aryl methyl sites for hydroxylation is 1. The lowest BCUT2D eigenvalue weighted by Gasteiger charge is -2.31. The Labute approximate surface area is 169 Å². The third kappa shape index (κ3) is 4.28. The number of anilines is 1. The van der Waals surface area contributed by atoms with Gasteiger partial charge in [0.15, 0.2) is 10.8 Å². The summed E-state index contributed by atoms with van der Waals surface area (Å²) in [6, 6.07) is 3.78. The summed E-state index contributed by atoms with van der Waals surface area (Å²) in [5, 5.41) is 13.5. The van der Waals surface area contributed by atoms with Crippen molar-refractivity contribution < 1.29 is 14.0 Å². The number of furan rings is 1. The summed E-state index contributed by atoms with van der Waals surface area (Å²) in [4.78, 5) is 31.2. The zero-order chi connectivity index (χ0) is 19.5. The Morgan fingerprint density at radius 1 is 1.29 bits per heavy atom. The molecular weight excluding hydrogens is 398 g/mol. The number of nitrogens with zero attached hydrogens (tertiary/aromatic N) is 4. The minimum atomic E-state index is -0.110. The number of likely N-dealkylation sites (tertiary alicyclic amines) is 1. The molecule has 1 aliphatic heterocycles. The summed E-state index contributed by atoms with van der Waals surface area (Å²) < 4.78 is 5.58. The molecule has 2 amide bonds. The number of carbonyl (C=O) groups is 2. The molecular formula is C18H19N5O3S2. The van der Waals surface area contributed by atoms with Gasteiger partial charge in [-0.1, -0.05) is 11.3 Å². The lowest BCUT2D eigenvalue weighted by atomic mass is 9.95. The standard InChI is InChI=1S/C18H19N5O3S2/c1-11-2-3-14(26-11)17-20-13(9-27-17)8-15(24)23-6-4-12(5-7-23)16(25)21-18-22-19-10-28-18/h2-3,9-10,12H,4-8H2,1H3,(H,21,22,25). The second kappa shape index (κ2) is 8.19. The lowest BCUT2D eigenvalue weighted by molar-refractivity contribution is -0.133. The van der Waals surface area contributed by atoms with Crippen LogP contribution in [0.3, 0.4) is 0 Å². The molecule has 28 heavy (non-hydrogen) atoms. The molecule has 1 saturated heterocycles. The topological polar surface area (TPSA) is 101 Å². The number of hydrogen-bond acceptors (Lipinski definition) is 8. The van der Waals surface area contributed by atoms with Crippen LogP contribution < -0.4 is 5.32 Å². The highest BCUT2D eigenvalue weighted by atomic mass is 32.1. The van der Waals surface area contributed by atoms with Crippen molar-refractivity contribution in [2.75, 3.05) is 18.4 Å². The number of amides is 2. The van der Waals surface area contributed by atoms with Gasteiger partial charge in [0, 0.05) is 24.4 Å². The average molecular weight is 418 g/mol. The van der Waals surface area contributed by atoms with Crippen molar-refractivity contribution in [1.82, 2.24) is 20.1 Å². The Morgan fingerprint density at radius 3 is 2.79 bits per heavy atom. The Hall–Kier alpha value is -2.59. The van der Waals surface area contributed by atoms with Gasteiger partial charge in [-0.05, 0) is 31.9 Å². The van der Waals surface area contributed by atoms with Gasteiger partial charge in [0.25, 0.3) is 0 Å². The van der Waals surface area contributed by atoms with Crippen molar-refractivity contribution in [3.63, 3.8) is 0 Å². The van der Waals surface area contributed by atoms with Gasteiger partial charge in [-0.3, -0.25) is 9.59 Å². The summed E-state index contributed by atoms with van der Waals surface area (Å²) in [6.07, 6.45) is 1.55. The quantitative estimate of drug-likeness (QED) is 0.685. The maximum absolute atomic E-state index is 12.6. The van der Waals surface area contributed by atoms with Crippen LogP contribution in [0.5, 0.6) is 0 Å². The summed E-state index contributed by atoms with van der Waals surface area (Å²) in [6.45, 7) is 3.03. The molecule has 0 atom stereocenters. The van der Waals surface area contributed by atoms with Gasteiger partial charge in [0.1, 0.15) is 11.3 Å². The molecule has 4 rings (SSSR count). The molecule has 0 radical (unpaired) electrons. The third-order valence-corrected chi connectivity index (χ3v) is 6.16. The first-order chi connectivity index (χ1) is 13.6. The highest BCUT2D eigenvalue weighted by Crippen LogP contribution is 2.26. The Morgan fingerprint density at radius 2 is 2.11 bits per heavy atom. The molecule has 4 heterocycles. The number of aromatic nitrogens is 3.